The highest BCUT2D eigenvalue weighted by Gasteiger charge is 1.81. The van der Waals surface area contributed by atoms with Crippen molar-refractivity contribution in [1.29, 1.82) is 0 Å². The van der Waals surface area contributed by atoms with E-state index in [0.29, 0.717) is 5.88 Å². The van der Waals surface area contributed by atoms with Crippen molar-refractivity contribution in [3.05, 3.63) is 28.5 Å². The van der Waals surface area contributed by atoms with Crippen LogP contribution in [0.2, 0.25) is 0 Å². The third-order valence-corrected chi connectivity index (χ3v) is 1.82. The van der Waals surface area contributed by atoms with Gasteiger partial charge in [-0.05, 0) is 22.4 Å². The molecular weight excluding hydrogens is 152 g/mol. The molecule has 0 N–H and O–H groups in total. The number of halogens is 1. The Morgan fingerprint density at radius 2 is 2.56 bits per heavy atom. The largest absolute Gasteiger partial charge is 0.152 e. The Morgan fingerprint density at radius 3 is 3.11 bits per heavy atom. The van der Waals surface area contributed by atoms with Crippen LogP contribution in [0.3, 0.4) is 0 Å². The molecule has 0 amide bonds. The molecule has 1 aromatic rings. The number of thiophene rings is 1. The first kappa shape index (κ1) is 6.84. The van der Waals surface area contributed by atoms with E-state index in [1.54, 1.807) is 11.3 Å². The summed E-state index contributed by atoms with van der Waals surface area (Å²) in [6.45, 7) is 0. The quantitative estimate of drug-likeness (QED) is 0.581. The molecule has 1 heterocycles. The molecule has 0 aliphatic carbocycles. The average Bonchev–Trinajstić information content (AvgIpc) is 2.34. The van der Waals surface area contributed by atoms with Crippen LogP contribution in [0.25, 0.3) is 6.08 Å². The first-order valence-corrected chi connectivity index (χ1v) is 4.16. The lowest BCUT2D eigenvalue weighted by atomic mass is 10.3. The van der Waals surface area contributed by atoms with E-state index in [9.17, 15) is 0 Å². The fraction of sp³-hybridized carbons (Fsp3) is 0.143. The maximum Gasteiger partial charge on any atom is 0.0407 e. The van der Waals surface area contributed by atoms with Gasteiger partial charge in [-0.25, -0.2) is 0 Å². The summed E-state index contributed by atoms with van der Waals surface area (Å²) in [5.74, 6) is 0.593. The Bertz CT molecular complexity index is 177. The molecule has 0 saturated carbocycles. The van der Waals surface area contributed by atoms with Gasteiger partial charge in [0, 0.05) is 5.88 Å². The lowest BCUT2D eigenvalue weighted by Gasteiger charge is -1.78. The van der Waals surface area contributed by atoms with Crippen molar-refractivity contribution in [2.45, 2.75) is 0 Å². The zero-order valence-electron chi connectivity index (χ0n) is 4.88. The normalized spacial score (nSPS) is 10.8. The smallest absolute Gasteiger partial charge is 0.0407 e. The number of hydrogen-bond donors (Lipinski definition) is 0. The van der Waals surface area contributed by atoms with E-state index < -0.39 is 0 Å². The van der Waals surface area contributed by atoms with E-state index in [1.165, 1.54) is 5.56 Å². The average molecular weight is 159 g/mol. The highest BCUT2D eigenvalue weighted by atomic mass is 35.5. The molecule has 48 valence electrons. The molecule has 0 fully saturated rings. The predicted molar refractivity (Wildman–Crippen MR) is 44.1 cm³/mol. The lowest BCUT2D eigenvalue weighted by molar-refractivity contribution is 1.76. The molecule has 0 aromatic carbocycles. The lowest BCUT2D eigenvalue weighted by Crippen LogP contribution is -1.60. The summed E-state index contributed by atoms with van der Waals surface area (Å²) in [7, 11) is 0. The number of allylic oxidation sites excluding steroid dienone is 1. The maximum absolute atomic E-state index is 5.44. The third kappa shape index (κ3) is 2.20. The first-order valence-electron chi connectivity index (χ1n) is 2.68. The van der Waals surface area contributed by atoms with Gasteiger partial charge < -0.3 is 0 Å². The highest BCUT2D eigenvalue weighted by Crippen LogP contribution is 2.07. The van der Waals surface area contributed by atoms with Gasteiger partial charge in [0.15, 0.2) is 0 Å². The summed E-state index contributed by atoms with van der Waals surface area (Å²) in [6, 6.07) is 2.06. The number of rotatable bonds is 2. The van der Waals surface area contributed by atoms with Gasteiger partial charge in [0.1, 0.15) is 0 Å². The minimum atomic E-state index is 0.593. The Balaban J connectivity index is 2.57. The van der Waals surface area contributed by atoms with Gasteiger partial charge in [-0.1, -0.05) is 12.2 Å². The van der Waals surface area contributed by atoms with Crippen LogP contribution in [-0.4, -0.2) is 5.88 Å². The van der Waals surface area contributed by atoms with Gasteiger partial charge >= 0.3 is 0 Å². The second-order valence-electron chi connectivity index (χ2n) is 1.61. The second-order valence-corrected chi connectivity index (χ2v) is 2.70. The van der Waals surface area contributed by atoms with Crippen LogP contribution >= 0.6 is 22.9 Å². The molecule has 0 atom stereocenters. The summed E-state index contributed by atoms with van der Waals surface area (Å²) in [6.07, 6.45) is 3.95. The third-order valence-electron chi connectivity index (χ3n) is 0.943. The molecule has 2 heteroatoms. The Kier molecular flexibility index (Phi) is 2.81. The molecule has 0 saturated heterocycles. The topological polar surface area (TPSA) is 0 Å². The van der Waals surface area contributed by atoms with Gasteiger partial charge in [0.25, 0.3) is 0 Å². The summed E-state index contributed by atoms with van der Waals surface area (Å²) in [5.41, 5.74) is 1.24. The zero-order valence-corrected chi connectivity index (χ0v) is 6.45. The standard InChI is InChI=1S/C7H7ClS/c8-4-1-2-7-3-5-9-6-7/h1-3,5-6H,4H2/b2-1-. The molecular formula is C7H7ClS. The van der Waals surface area contributed by atoms with Crippen molar-refractivity contribution in [1.82, 2.24) is 0 Å². The highest BCUT2D eigenvalue weighted by molar-refractivity contribution is 7.08. The van der Waals surface area contributed by atoms with Gasteiger partial charge in [-0.15, -0.1) is 11.6 Å². The monoisotopic (exact) mass is 158 g/mol. The molecule has 0 radical (unpaired) electrons. The van der Waals surface area contributed by atoms with Crippen molar-refractivity contribution in [3.8, 4) is 0 Å². The van der Waals surface area contributed by atoms with E-state index in [2.05, 4.69) is 11.4 Å². The van der Waals surface area contributed by atoms with Crippen LogP contribution in [0, 0.1) is 0 Å². The molecule has 0 bridgehead atoms. The Morgan fingerprint density at radius 1 is 1.67 bits per heavy atom. The Labute approximate surface area is 63.8 Å². The second kappa shape index (κ2) is 3.70. The molecule has 0 nitrogen and oxygen atoms in total. The predicted octanol–water partition coefficient (Wildman–Crippen LogP) is 3.00. The first-order chi connectivity index (χ1) is 4.43. The van der Waals surface area contributed by atoms with Crippen LogP contribution in [0.15, 0.2) is 22.9 Å². The van der Waals surface area contributed by atoms with Crippen LogP contribution in [-0.2, 0) is 0 Å². The van der Waals surface area contributed by atoms with E-state index >= 15 is 0 Å². The van der Waals surface area contributed by atoms with Crippen molar-refractivity contribution in [2.24, 2.45) is 0 Å². The molecule has 0 aliphatic heterocycles. The fourth-order valence-electron chi connectivity index (χ4n) is 0.550. The SMILES string of the molecule is ClC/C=C\c1ccsc1. The van der Waals surface area contributed by atoms with E-state index in [-0.39, 0.29) is 0 Å². The summed E-state index contributed by atoms with van der Waals surface area (Å²) in [5, 5.41) is 4.14. The van der Waals surface area contributed by atoms with Gasteiger partial charge in [0.2, 0.25) is 0 Å². The molecule has 1 aromatic heterocycles. The number of hydrogen-bond acceptors (Lipinski definition) is 1. The fourth-order valence-corrected chi connectivity index (χ4v) is 1.27. The van der Waals surface area contributed by atoms with Crippen molar-refractivity contribution < 1.29 is 0 Å². The molecule has 0 unspecified atom stereocenters. The number of alkyl halides is 1. The van der Waals surface area contributed by atoms with Crippen molar-refractivity contribution >= 4 is 29.0 Å². The zero-order chi connectivity index (χ0) is 6.53. The summed E-state index contributed by atoms with van der Waals surface area (Å²) < 4.78 is 0. The van der Waals surface area contributed by atoms with Crippen LogP contribution in [0.1, 0.15) is 5.56 Å². The Hall–Kier alpha value is -0.270. The minimum absolute atomic E-state index is 0.593. The molecule has 0 aliphatic rings. The van der Waals surface area contributed by atoms with Crippen LogP contribution in [0.5, 0.6) is 0 Å². The van der Waals surface area contributed by atoms with Crippen molar-refractivity contribution in [3.63, 3.8) is 0 Å². The van der Waals surface area contributed by atoms with E-state index in [4.69, 9.17) is 11.6 Å². The molecule has 0 spiro atoms. The maximum atomic E-state index is 5.44. The molecule has 9 heavy (non-hydrogen) atoms. The van der Waals surface area contributed by atoms with Gasteiger partial charge in [-0.2, -0.15) is 11.3 Å². The minimum Gasteiger partial charge on any atom is -0.152 e. The van der Waals surface area contributed by atoms with Gasteiger partial charge in [-0.3, -0.25) is 0 Å². The van der Waals surface area contributed by atoms with Crippen LogP contribution in [0.4, 0.5) is 0 Å². The molecule has 1 rings (SSSR count). The summed E-state index contributed by atoms with van der Waals surface area (Å²) in [4.78, 5) is 0. The summed E-state index contributed by atoms with van der Waals surface area (Å²) >= 11 is 7.13. The van der Waals surface area contributed by atoms with E-state index in [0.717, 1.165) is 0 Å². The van der Waals surface area contributed by atoms with Crippen LogP contribution < -0.4 is 0 Å². The van der Waals surface area contributed by atoms with E-state index in [1.807, 2.05) is 17.5 Å². The van der Waals surface area contributed by atoms with Gasteiger partial charge in [0.05, 0.1) is 0 Å². The van der Waals surface area contributed by atoms with Crippen molar-refractivity contribution in [2.75, 3.05) is 5.88 Å².